The van der Waals surface area contributed by atoms with Crippen LogP contribution in [0.2, 0.25) is 0 Å². The maximum Gasteiger partial charge on any atom is 0.206 e. The molecule has 2 aliphatic rings. The number of aromatic nitrogens is 1. The topological polar surface area (TPSA) is 87.0 Å². The van der Waals surface area contributed by atoms with Gasteiger partial charge < -0.3 is 25.6 Å². The molecule has 2 saturated heterocycles. The number of nitrogens with one attached hydrogen (secondary N) is 1. The van der Waals surface area contributed by atoms with Crippen molar-refractivity contribution >= 4 is 45.1 Å². The first-order valence-electron chi connectivity index (χ1n) is 12.6. The molecule has 0 spiro atoms. The van der Waals surface area contributed by atoms with Crippen molar-refractivity contribution in [3.8, 4) is 0 Å². The highest BCUT2D eigenvalue weighted by Crippen LogP contribution is 2.31. The third-order valence-corrected chi connectivity index (χ3v) is 7.88. The Balaban J connectivity index is 1.21. The Morgan fingerprint density at radius 3 is 2.11 bits per heavy atom. The first-order chi connectivity index (χ1) is 17.5. The molecule has 1 aromatic heterocycles. The Hall–Kier alpha value is -3.14. The summed E-state index contributed by atoms with van der Waals surface area (Å²) in [6.45, 7) is 11.9. The highest BCUT2D eigenvalue weighted by atomic mass is 32.1. The predicted molar refractivity (Wildman–Crippen MR) is 148 cm³/mol. The molecule has 3 heterocycles. The molecule has 36 heavy (non-hydrogen) atoms. The molecular formula is C27H34N6O2S. The summed E-state index contributed by atoms with van der Waals surface area (Å²) in [5.74, 6) is 0.145. The number of thiazole rings is 1. The first-order valence-corrected chi connectivity index (χ1v) is 13.4. The average molecular weight is 507 g/mol. The van der Waals surface area contributed by atoms with Crippen LogP contribution in [0, 0.1) is 0 Å². The Bertz CT molecular complexity index is 1160. The SMILES string of the molecule is CC(C)N1CCN(c2ccc(Nc3nc(N)c(C(=O)c4ccc(N5CCOCC5)cc4)s3)cc2)CC1. The Labute approximate surface area is 216 Å². The van der Waals surface area contributed by atoms with Crippen LogP contribution in [-0.4, -0.2) is 74.2 Å². The minimum atomic E-state index is -0.109. The van der Waals surface area contributed by atoms with Crippen molar-refractivity contribution in [3.63, 3.8) is 0 Å². The van der Waals surface area contributed by atoms with Crippen LogP contribution < -0.4 is 20.9 Å². The average Bonchev–Trinajstić information content (AvgIpc) is 3.29. The van der Waals surface area contributed by atoms with Crippen LogP contribution in [0.5, 0.6) is 0 Å². The van der Waals surface area contributed by atoms with E-state index in [0.717, 1.165) is 63.9 Å². The van der Waals surface area contributed by atoms with Gasteiger partial charge in [0.05, 0.1) is 13.2 Å². The minimum Gasteiger partial charge on any atom is -0.382 e. The van der Waals surface area contributed by atoms with Crippen LogP contribution in [-0.2, 0) is 4.74 Å². The summed E-state index contributed by atoms with van der Waals surface area (Å²) in [6.07, 6.45) is 0. The maximum absolute atomic E-state index is 13.1. The molecular weight excluding hydrogens is 472 g/mol. The number of carbonyl (C=O) groups is 1. The van der Waals surface area contributed by atoms with Gasteiger partial charge in [0, 0.05) is 67.9 Å². The molecule has 190 valence electrons. The molecule has 0 unspecified atom stereocenters. The molecule has 2 aliphatic heterocycles. The summed E-state index contributed by atoms with van der Waals surface area (Å²) in [5.41, 5.74) is 9.98. The van der Waals surface area contributed by atoms with Crippen molar-refractivity contribution in [1.29, 1.82) is 0 Å². The van der Waals surface area contributed by atoms with E-state index in [1.807, 2.05) is 36.4 Å². The molecule has 0 radical (unpaired) electrons. The number of ketones is 1. The van der Waals surface area contributed by atoms with E-state index >= 15 is 0 Å². The standard InChI is InChI=1S/C27H34N6O2S/c1-19(2)31-11-13-32(14-12-31)23-9-5-21(6-10-23)29-27-30-26(28)25(36-27)24(34)20-3-7-22(8-4-20)33-15-17-35-18-16-33/h3-10,19H,11-18,28H2,1-2H3,(H,29,30). The van der Waals surface area contributed by atoms with Crippen molar-refractivity contribution in [3.05, 3.63) is 59.0 Å². The number of hydrogen-bond donors (Lipinski definition) is 2. The molecule has 3 aromatic rings. The molecule has 0 aliphatic carbocycles. The first kappa shape index (κ1) is 24.5. The second-order valence-electron chi connectivity index (χ2n) is 9.50. The number of morpholine rings is 1. The molecule has 9 heteroatoms. The van der Waals surface area contributed by atoms with Gasteiger partial charge in [0.25, 0.3) is 0 Å². The van der Waals surface area contributed by atoms with Crippen molar-refractivity contribution < 1.29 is 9.53 Å². The number of hydrogen-bond acceptors (Lipinski definition) is 9. The zero-order valence-corrected chi connectivity index (χ0v) is 21.8. The molecule has 5 rings (SSSR count). The lowest BCUT2D eigenvalue weighted by Crippen LogP contribution is -2.48. The number of anilines is 5. The number of nitrogens with zero attached hydrogens (tertiary/aromatic N) is 4. The molecule has 0 bridgehead atoms. The van der Waals surface area contributed by atoms with Crippen LogP contribution >= 0.6 is 11.3 Å². The fourth-order valence-corrected chi connectivity index (χ4v) is 5.57. The summed E-state index contributed by atoms with van der Waals surface area (Å²) < 4.78 is 5.42. The second-order valence-corrected chi connectivity index (χ2v) is 10.5. The highest BCUT2D eigenvalue weighted by molar-refractivity contribution is 7.18. The fourth-order valence-electron chi connectivity index (χ4n) is 4.70. The lowest BCUT2D eigenvalue weighted by atomic mass is 10.1. The Morgan fingerprint density at radius 1 is 0.917 bits per heavy atom. The van der Waals surface area contributed by atoms with Crippen molar-refractivity contribution in [1.82, 2.24) is 9.88 Å². The monoisotopic (exact) mass is 506 g/mol. The van der Waals surface area contributed by atoms with E-state index in [1.165, 1.54) is 17.0 Å². The van der Waals surface area contributed by atoms with Gasteiger partial charge in [-0.2, -0.15) is 0 Å². The normalized spacial score (nSPS) is 17.0. The molecule has 3 N–H and O–H groups in total. The zero-order chi connectivity index (χ0) is 25.1. The highest BCUT2D eigenvalue weighted by Gasteiger charge is 2.21. The van der Waals surface area contributed by atoms with Gasteiger partial charge in [0.15, 0.2) is 5.13 Å². The maximum atomic E-state index is 13.1. The van der Waals surface area contributed by atoms with Crippen LogP contribution in [0.4, 0.5) is 28.0 Å². The zero-order valence-electron chi connectivity index (χ0n) is 20.9. The quantitative estimate of drug-likeness (QED) is 0.464. The molecule has 0 amide bonds. The van der Waals surface area contributed by atoms with E-state index < -0.39 is 0 Å². The Morgan fingerprint density at radius 2 is 1.50 bits per heavy atom. The number of piperazine rings is 1. The van der Waals surface area contributed by atoms with Crippen LogP contribution in [0.15, 0.2) is 48.5 Å². The number of nitrogen functional groups attached to an aromatic ring is 1. The van der Waals surface area contributed by atoms with Gasteiger partial charge in [-0.3, -0.25) is 9.69 Å². The number of ether oxygens (including phenoxy) is 1. The van der Waals surface area contributed by atoms with Crippen LogP contribution in [0.25, 0.3) is 0 Å². The van der Waals surface area contributed by atoms with Gasteiger partial charge in [-0.1, -0.05) is 11.3 Å². The summed E-state index contributed by atoms with van der Waals surface area (Å²) in [7, 11) is 0. The molecule has 2 aromatic carbocycles. The van der Waals surface area contributed by atoms with Crippen molar-refractivity contribution in [2.24, 2.45) is 0 Å². The third-order valence-electron chi connectivity index (χ3n) is 6.89. The van der Waals surface area contributed by atoms with Crippen molar-refractivity contribution in [2.75, 3.05) is 73.3 Å². The number of carbonyl (C=O) groups excluding carboxylic acids is 1. The smallest absolute Gasteiger partial charge is 0.206 e. The van der Waals surface area contributed by atoms with E-state index in [0.29, 0.717) is 21.6 Å². The van der Waals surface area contributed by atoms with Crippen LogP contribution in [0.1, 0.15) is 29.1 Å². The molecule has 2 fully saturated rings. The van der Waals surface area contributed by atoms with Gasteiger partial charge in [-0.25, -0.2) is 4.98 Å². The summed E-state index contributed by atoms with van der Waals surface area (Å²) >= 11 is 1.29. The minimum absolute atomic E-state index is 0.109. The molecule has 0 saturated carbocycles. The number of benzene rings is 2. The number of rotatable bonds is 7. The van der Waals surface area contributed by atoms with E-state index in [2.05, 4.69) is 51.0 Å². The van der Waals surface area contributed by atoms with Crippen LogP contribution in [0.3, 0.4) is 0 Å². The van der Waals surface area contributed by atoms with Crippen molar-refractivity contribution in [2.45, 2.75) is 19.9 Å². The summed E-state index contributed by atoms with van der Waals surface area (Å²) in [4.78, 5) is 25.2. The van der Waals surface area contributed by atoms with Gasteiger partial charge in [0.1, 0.15) is 10.7 Å². The molecule has 0 atom stereocenters. The number of nitrogens with two attached hydrogens (primary N) is 1. The lowest BCUT2D eigenvalue weighted by molar-refractivity contribution is 0.104. The van der Waals surface area contributed by atoms with E-state index in [9.17, 15) is 4.79 Å². The summed E-state index contributed by atoms with van der Waals surface area (Å²) in [6, 6.07) is 16.6. The van der Waals surface area contributed by atoms with Gasteiger partial charge in [0.2, 0.25) is 5.78 Å². The second kappa shape index (κ2) is 10.9. The molecule has 8 nitrogen and oxygen atoms in total. The largest absolute Gasteiger partial charge is 0.382 e. The van der Waals surface area contributed by atoms with Gasteiger partial charge >= 0.3 is 0 Å². The van der Waals surface area contributed by atoms with E-state index in [1.54, 1.807) is 0 Å². The van der Waals surface area contributed by atoms with E-state index in [-0.39, 0.29) is 11.6 Å². The van der Waals surface area contributed by atoms with Gasteiger partial charge in [-0.15, -0.1) is 0 Å². The summed E-state index contributed by atoms with van der Waals surface area (Å²) in [5, 5.41) is 3.92. The fraction of sp³-hybridized carbons (Fsp3) is 0.407. The Kier molecular flexibility index (Phi) is 7.41. The van der Waals surface area contributed by atoms with Gasteiger partial charge in [-0.05, 0) is 62.4 Å². The van der Waals surface area contributed by atoms with E-state index in [4.69, 9.17) is 10.5 Å². The third kappa shape index (κ3) is 5.48. The predicted octanol–water partition coefficient (Wildman–Crippen LogP) is 4.07. The lowest BCUT2D eigenvalue weighted by Gasteiger charge is -2.38.